The van der Waals surface area contributed by atoms with Crippen molar-refractivity contribution in [2.75, 3.05) is 25.6 Å². The van der Waals surface area contributed by atoms with E-state index in [1.54, 1.807) is 0 Å². The van der Waals surface area contributed by atoms with Gasteiger partial charge in [0.2, 0.25) is 0 Å². The van der Waals surface area contributed by atoms with E-state index in [0.29, 0.717) is 5.56 Å². The van der Waals surface area contributed by atoms with Crippen LogP contribution in [0.25, 0.3) is 0 Å². The number of carbonyl (C=O) groups excluding carboxylic acids is 1. The summed E-state index contributed by atoms with van der Waals surface area (Å²) in [6.07, 6.45) is 2.96. The minimum atomic E-state index is -0.186. The van der Waals surface area contributed by atoms with E-state index in [0.717, 1.165) is 24.9 Å². The zero-order valence-electron chi connectivity index (χ0n) is 12.5. The summed E-state index contributed by atoms with van der Waals surface area (Å²) >= 11 is 0. The van der Waals surface area contributed by atoms with Crippen LogP contribution in [0.2, 0.25) is 0 Å². The van der Waals surface area contributed by atoms with Crippen molar-refractivity contribution in [3.8, 4) is 0 Å². The first-order chi connectivity index (χ1) is 9.46. The van der Waals surface area contributed by atoms with E-state index in [4.69, 9.17) is 0 Å². The van der Waals surface area contributed by atoms with Crippen molar-refractivity contribution in [2.24, 2.45) is 5.41 Å². The normalized spacial score (nSPS) is 25.5. The van der Waals surface area contributed by atoms with Crippen LogP contribution in [0.4, 0.5) is 5.69 Å². The summed E-state index contributed by atoms with van der Waals surface area (Å²) in [5, 5.41) is 12.6. The molecule has 2 unspecified atom stereocenters. The summed E-state index contributed by atoms with van der Waals surface area (Å²) < 4.78 is 0. The molecule has 1 amide bonds. The minimum absolute atomic E-state index is 0.0553. The molecule has 4 nitrogen and oxygen atoms in total. The van der Waals surface area contributed by atoms with Crippen LogP contribution >= 0.6 is 0 Å². The first-order valence-corrected chi connectivity index (χ1v) is 7.15. The number of carbonyl (C=O) groups is 1. The van der Waals surface area contributed by atoms with Gasteiger partial charge in [0.05, 0.1) is 6.61 Å². The van der Waals surface area contributed by atoms with Gasteiger partial charge in [0.25, 0.3) is 5.91 Å². The van der Waals surface area contributed by atoms with Crippen LogP contribution < -0.4 is 10.2 Å². The zero-order valence-corrected chi connectivity index (χ0v) is 12.5. The van der Waals surface area contributed by atoms with E-state index in [2.05, 4.69) is 5.32 Å². The summed E-state index contributed by atoms with van der Waals surface area (Å²) in [7, 11) is 3.91. The number of nitrogens with one attached hydrogen (secondary N) is 1. The molecule has 2 atom stereocenters. The van der Waals surface area contributed by atoms with Crippen LogP contribution in [-0.2, 0) is 0 Å². The Morgan fingerprint density at radius 1 is 1.50 bits per heavy atom. The number of benzene rings is 1. The van der Waals surface area contributed by atoms with Crippen LogP contribution in [-0.4, -0.2) is 37.8 Å². The number of nitrogens with zero attached hydrogens (tertiary/aromatic N) is 1. The standard InChI is InChI=1S/C16H24N2O2/c1-16(11-19)9-5-8-14(16)17-15(20)12-6-4-7-13(10-12)18(2)3/h4,6-7,10,14,19H,5,8-9,11H2,1-3H3,(H,17,20). The molecule has 4 heteroatoms. The van der Waals surface area contributed by atoms with Gasteiger partial charge in [-0.05, 0) is 31.0 Å². The molecule has 20 heavy (non-hydrogen) atoms. The van der Waals surface area contributed by atoms with Crippen molar-refractivity contribution in [1.29, 1.82) is 0 Å². The SMILES string of the molecule is CN(C)c1cccc(C(=O)NC2CCCC2(C)CO)c1. The smallest absolute Gasteiger partial charge is 0.251 e. The molecule has 1 aromatic carbocycles. The Kier molecular flexibility index (Phi) is 4.33. The van der Waals surface area contributed by atoms with Gasteiger partial charge in [-0.25, -0.2) is 0 Å². The Labute approximate surface area is 120 Å². The number of rotatable bonds is 4. The van der Waals surface area contributed by atoms with Crippen LogP contribution in [0.3, 0.4) is 0 Å². The van der Waals surface area contributed by atoms with E-state index in [-0.39, 0.29) is 24.0 Å². The minimum Gasteiger partial charge on any atom is -0.396 e. The van der Waals surface area contributed by atoms with Gasteiger partial charge < -0.3 is 15.3 Å². The summed E-state index contributed by atoms with van der Waals surface area (Å²) in [5.74, 6) is -0.0553. The maximum atomic E-state index is 12.4. The molecule has 0 bridgehead atoms. The molecule has 1 aliphatic carbocycles. The van der Waals surface area contributed by atoms with E-state index in [9.17, 15) is 9.90 Å². The maximum Gasteiger partial charge on any atom is 0.251 e. The molecule has 0 radical (unpaired) electrons. The lowest BCUT2D eigenvalue weighted by Crippen LogP contribution is -2.44. The molecule has 1 aromatic rings. The molecule has 110 valence electrons. The topological polar surface area (TPSA) is 52.6 Å². The van der Waals surface area contributed by atoms with Crippen LogP contribution in [0.15, 0.2) is 24.3 Å². The summed E-state index contributed by atoms with van der Waals surface area (Å²) in [6.45, 7) is 2.16. The van der Waals surface area contributed by atoms with Crippen molar-refractivity contribution in [3.63, 3.8) is 0 Å². The zero-order chi connectivity index (χ0) is 14.8. The van der Waals surface area contributed by atoms with Crippen LogP contribution in [0.5, 0.6) is 0 Å². The fraction of sp³-hybridized carbons (Fsp3) is 0.562. The lowest BCUT2D eigenvalue weighted by atomic mass is 9.85. The highest BCUT2D eigenvalue weighted by Crippen LogP contribution is 2.37. The molecule has 2 rings (SSSR count). The van der Waals surface area contributed by atoms with Gasteiger partial charge in [-0.3, -0.25) is 4.79 Å². The molecular formula is C16H24N2O2. The number of amides is 1. The summed E-state index contributed by atoms with van der Waals surface area (Å²) in [4.78, 5) is 14.3. The Morgan fingerprint density at radius 2 is 2.25 bits per heavy atom. The highest BCUT2D eigenvalue weighted by atomic mass is 16.3. The lowest BCUT2D eigenvalue weighted by Gasteiger charge is -2.30. The van der Waals surface area contributed by atoms with E-state index < -0.39 is 0 Å². The number of hydrogen-bond donors (Lipinski definition) is 2. The molecular weight excluding hydrogens is 252 g/mol. The van der Waals surface area contributed by atoms with Gasteiger partial charge in [-0.2, -0.15) is 0 Å². The third kappa shape index (κ3) is 2.96. The van der Waals surface area contributed by atoms with Crippen molar-refractivity contribution >= 4 is 11.6 Å². The number of anilines is 1. The van der Waals surface area contributed by atoms with Crippen molar-refractivity contribution in [2.45, 2.75) is 32.2 Å². The van der Waals surface area contributed by atoms with Crippen LogP contribution in [0.1, 0.15) is 36.5 Å². The van der Waals surface area contributed by atoms with Gasteiger partial charge in [0, 0.05) is 36.8 Å². The maximum absolute atomic E-state index is 12.4. The summed E-state index contributed by atoms with van der Waals surface area (Å²) in [6, 6.07) is 7.64. The fourth-order valence-corrected chi connectivity index (χ4v) is 2.84. The van der Waals surface area contributed by atoms with Crippen molar-refractivity contribution in [1.82, 2.24) is 5.32 Å². The Bertz CT molecular complexity index is 487. The second kappa shape index (κ2) is 5.83. The fourth-order valence-electron chi connectivity index (χ4n) is 2.84. The first-order valence-electron chi connectivity index (χ1n) is 7.15. The number of aliphatic hydroxyl groups excluding tert-OH is 1. The third-order valence-corrected chi connectivity index (χ3v) is 4.37. The average Bonchev–Trinajstić information content (AvgIpc) is 2.81. The Balaban J connectivity index is 2.10. The van der Waals surface area contributed by atoms with Crippen molar-refractivity contribution in [3.05, 3.63) is 29.8 Å². The average molecular weight is 276 g/mol. The molecule has 0 heterocycles. The molecule has 0 spiro atoms. The van der Waals surface area contributed by atoms with Gasteiger partial charge in [0.1, 0.15) is 0 Å². The van der Waals surface area contributed by atoms with E-state index in [1.165, 1.54) is 0 Å². The second-order valence-electron chi connectivity index (χ2n) is 6.18. The van der Waals surface area contributed by atoms with Gasteiger partial charge in [-0.1, -0.05) is 19.4 Å². The number of hydrogen-bond acceptors (Lipinski definition) is 3. The summed E-state index contributed by atoms with van der Waals surface area (Å²) in [5.41, 5.74) is 1.49. The molecule has 0 aromatic heterocycles. The predicted molar refractivity (Wildman–Crippen MR) is 81.1 cm³/mol. The molecule has 0 aliphatic heterocycles. The van der Waals surface area contributed by atoms with E-state index in [1.807, 2.05) is 50.2 Å². The highest BCUT2D eigenvalue weighted by molar-refractivity contribution is 5.95. The van der Waals surface area contributed by atoms with E-state index >= 15 is 0 Å². The molecule has 1 saturated carbocycles. The van der Waals surface area contributed by atoms with Crippen LogP contribution in [0, 0.1) is 5.41 Å². The predicted octanol–water partition coefficient (Wildman–Crippen LogP) is 2.03. The lowest BCUT2D eigenvalue weighted by molar-refractivity contribution is 0.0830. The van der Waals surface area contributed by atoms with Gasteiger partial charge >= 0.3 is 0 Å². The number of aliphatic hydroxyl groups is 1. The molecule has 2 N–H and O–H groups in total. The third-order valence-electron chi connectivity index (χ3n) is 4.37. The molecule has 1 aliphatic rings. The molecule has 0 saturated heterocycles. The van der Waals surface area contributed by atoms with Crippen molar-refractivity contribution < 1.29 is 9.90 Å². The largest absolute Gasteiger partial charge is 0.396 e. The van der Waals surface area contributed by atoms with Gasteiger partial charge in [-0.15, -0.1) is 0 Å². The van der Waals surface area contributed by atoms with Gasteiger partial charge in [0.15, 0.2) is 0 Å². The molecule has 1 fully saturated rings. The Morgan fingerprint density at radius 3 is 2.90 bits per heavy atom. The quantitative estimate of drug-likeness (QED) is 0.885. The monoisotopic (exact) mass is 276 g/mol. The first kappa shape index (κ1) is 14.9. The highest BCUT2D eigenvalue weighted by Gasteiger charge is 2.39. The Hall–Kier alpha value is -1.55. The second-order valence-corrected chi connectivity index (χ2v) is 6.18.